The molecule has 0 aliphatic heterocycles. The zero-order valence-electron chi connectivity index (χ0n) is 13.9. The van der Waals surface area contributed by atoms with Crippen LogP contribution in [0.2, 0.25) is 0 Å². The Bertz CT molecular complexity index is 400. The highest BCUT2D eigenvalue weighted by molar-refractivity contribution is 5.17. The highest BCUT2D eigenvalue weighted by Crippen LogP contribution is 2.16. The number of rotatable bonds is 9. The number of halogens is 1. The predicted octanol–water partition coefficient (Wildman–Crippen LogP) is 4.19. The van der Waals surface area contributed by atoms with E-state index in [1.54, 1.807) is 6.07 Å². The van der Waals surface area contributed by atoms with Crippen LogP contribution in [0.1, 0.15) is 46.1 Å². The van der Waals surface area contributed by atoms with Gasteiger partial charge in [0, 0.05) is 18.8 Å². The van der Waals surface area contributed by atoms with Crippen molar-refractivity contribution in [3.8, 4) is 0 Å². The quantitative estimate of drug-likeness (QED) is 0.690. The van der Waals surface area contributed by atoms with Crippen LogP contribution < -0.4 is 5.32 Å². The molecule has 1 unspecified atom stereocenters. The smallest absolute Gasteiger partial charge is 0.126 e. The summed E-state index contributed by atoms with van der Waals surface area (Å²) in [7, 11) is 0. The summed E-state index contributed by atoms with van der Waals surface area (Å²) in [4.78, 5) is 0. The largest absolute Gasteiger partial charge is 0.381 e. The zero-order chi connectivity index (χ0) is 15.7. The summed E-state index contributed by atoms with van der Waals surface area (Å²) < 4.78 is 19.4. The number of hydrogen-bond donors (Lipinski definition) is 1. The lowest BCUT2D eigenvalue weighted by molar-refractivity contribution is 0.119. The minimum absolute atomic E-state index is 0.0811. The van der Waals surface area contributed by atoms with E-state index in [4.69, 9.17) is 4.74 Å². The molecule has 0 aromatic heterocycles. The fourth-order valence-electron chi connectivity index (χ4n) is 2.20. The maximum Gasteiger partial charge on any atom is 0.126 e. The first-order valence-electron chi connectivity index (χ1n) is 7.98. The van der Waals surface area contributed by atoms with Gasteiger partial charge in [0.15, 0.2) is 0 Å². The third kappa shape index (κ3) is 8.18. The highest BCUT2D eigenvalue weighted by Gasteiger charge is 2.16. The van der Waals surface area contributed by atoms with Crippen LogP contribution in [0.25, 0.3) is 0 Å². The molecule has 0 bridgehead atoms. The van der Waals surface area contributed by atoms with Crippen molar-refractivity contribution in [1.29, 1.82) is 0 Å². The van der Waals surface area contributed by atoms with Crippen molar-refractivity contribution in [3.63, 3.8) is 0 Å². The van der Waals surface area contributed by atoms with E-state index < -0.39 is 0 Å². The van der Waals surface area contributed by atoms with Crippen molar-refractivity contribution >= 4 is 0 Å². The Balaban J connectivity index is 2.56. The molecule has 0 saturated carbocycles. The van der Waals surface area contributed by atoms with E-state index in [1.807, 2.05) is 12.1 Å². The Morgan fingerprint density at radius 2 is 1.90 bits per heavy atom. The van der Waals surface area contributed by atoms with Gasteiger partial charge in [-0.3, -0.25) is 0 Å². The minimum atomic E-state index is -0.104. The van der Waals surface area contributed by atoms with Gasteiger partial charge >= 0.3 is 0 Å². The first kappa shape index (κ1) is 18.1. The lowest BCUT2D eigenvalue weighted by Crippen LogP contribution is -2.39. The Labute approximate surface area is 129 Å². The molecule has 1 aromatic rings. The van der Waals surface area contributed by atoms with E-state index in [-0.39, 0.29) is 11.4 Å². The van der Waals surface area contributed by atoms with E-state index in [1.165, 1.54) is 6.07 Å². The van der Waals surface area contributed by atoms with Gasteiger partial charge in [-0.25, -0.2) is 4.39 Å². The van der Waals surface area contributed by atoms with Crippen LogP contribution in [0.5, 0.6) is 0 Å². The molecule has 1 atom stereocenters. The number of nitrogens with one attached hydrogen (secondary N) is 1. The lowest BCUT2D eigenvalue weighted by atomic mass is 9.95. The molecular formula is C18H30FNO. The second-order valence-corrected chi connectivity index (χ2v) is 6.69. The van der Waals surface area contributed by atoms with Crippen molar-refractivity contribution < 1.29 is 9.13 Å². The fourth-order valence-corrected chi connectivity index (χ4v) is 2.20. The molecule has 0 aliphatic carbocycles. The normalized spacial score (nSPS) is 13.4. The average molecular weight is 295 g/mol. The second-order valence-electron chi connectivity index (χ2n) is 6.69. The van der Waals surface area contributed by atoms with Gasteiger partial charge in [0.25, 0.3) is 0 Å². The van der Waals surface area contributed by atoms with Crippen molar-refractivity contribution in [3.05, 3.63) is 35.6 Å². The molecular weight excluding hydrogens is 265 g/mol. The molecule has 0 saturated heterocycles. The van der Waals surface area contributed by atoms with E-state index >= 15 is 0 Å². The van der Waals surface area contributed by atoms with E-state index in [2.05, 4.69) is 33.0 Å². The molecule has 0 aliphatic rings. The van der Waals surface area contributed by atoms with E-state index in [0.29, 0.717) is 5.92 Å². The molecule has 120 valence electrons. The van der Waals surface area contributed by atoms with Crippen LogP contribution in [0, 0.1) is 11.7 Å². The van der Waals surface area contributed by atoms with Crippen molar-refractivity contribution in [2.45, 2.75) is 52.5 Å². The molecule has 0 fully saturated rings. The summed E-state index contributed by atoms with van der Waals surface area (Å²) >= 11 is 0. The van der Waals surface area contributed by atoms with Gasteiger partial charge in [0.2, 0.25) is 0 Å². The Morgan fingerprint density at radius 1 is 1.19 bits per heavy atom. The topological polar surface area (TPSA) is 21.3 Å². The van der Waals surface area contributed by atoms with Gasteiger partial charge in [-0.05, 0) is 64.1 Å². The lowest BCUT2D eigenvalue weighted by Gasteiger charge is -2.25. The Hall–Kier alpha value is -0.930. The summed E-state index contributed by atoms with van der Waals surface area (Å²) in [6.45, 7) is 11.0. The molecule has 1 N–H and O–H groups in total. The maximum absolute atomic E-state index is 13.8. The van der Waals surface area contributed by atoms with Gasteiger partial charge in [0.1, 0.15) is 5.82 Å². The van der Waals surface area contributed by atoms with E-state index in [0.717, 1.165) is 44.6 Å². The third-order valence-corrected chi connectivity index (χ3v) is 3.41. The maximum atomic E-state index is 13.8. The third-order valence-electron chi connectivity index (χ3n) is 3.41. The van der Waals surface area contributed by atoms with Crippen LogP contribution in [0.3, 0.4) is 0 Å². The van der Waals surface area contributed by atoms with Crippen LogP contribution >= 0.6 is 0 Å². The van der Waals surface area contributed by atoms with Crippen LogP contribution in [-0.4, -0.2) is 25.3 Å². The minimum Gasteiger partial charge on any atom is -0.381 e. The number of benzene rings is 1. The molecule has 1 aromatic carbocycles. The molecule has 0 radical (unpaired) electrons. The first-order valence-corrected chi connectivity index (χ1v) is 7.98. The first-order chi connectivity index (χ1) is 9.92. The predicted molar refractivity (Wildman–Crippen MR) is 87.1 cm³/mol. The molecule has 0 amide bonds. The van der Waals surface area contributed by atoms with Gasteiger partial charge in [-0.15, -0.1) is 0 Å². The van der Waals surface area contributed by atoms with Gasteiger partial charge in [-0.1, -0.05) is 25.1 Å². The summed E-state index contributed by atoms with van der Waals surface area (Å²) in [5.74, 6) is 0.283. The second kappa shape index (κ2) is 9.16. The van der Waals surface area contributed by atoms with Crippen LogP contribution in [0.4, 0.5) is 4.39 Å². The number of ether oxygens (including phenoxy) is 1. The zero-order valence-corrected chi connectivity index (χ0v) is 13.9. The summed E-state index contributed by atoms with van der Waals surface area (Å²) in [5.41, 5.74) is 0.881. The fraction of sp³-hybridized carbons (Fsp3) is 0.667. The van der Waals surface area contributed by atoms with Crippen LogP contribution in [-0.2, 0) is 11.2 Å². The molecule has 0 heterocycles. The SMILES string of the molecule is CCCOCCC(CNC(C)(C)C)Cc1ccccc1F. The van der Waals surface area contributed by atoms with Crippen molar-refractivity contribution in [2.24, 2.45) is 5.92 Å². The Kier molecular flexibility index (Phi) is 7.91. The molecule has 0 spiro atoms. The monoisotopic (exact) mass is 295 g/mol. The summed E-state index contributed by atoms with van der Waals surface area (Å²) in [5, 5.41) is 3.52. The van der Waals surface area contributed by atoms with Gasteiger partial charge < -0.3 is 10.1 Å². The van der Waals surface area contributed by atoms with Gasteiger partial charge in [0.05, 0.1) is 0 Å². The molecule has 21 heavy (non-hydrogen) atoms. The highest BCUT2D eigenvalue weighted by atomic mass is 19.1. The number of hydrogen-bond acceptors (Lipinski definition) is 2. The van der Waals surface area contributed by atoms with Crippen LogP contribution in [0.15, 0.2) is 24.3 Å². The average Bonchev–Trinajstić information content (AvgIpc) is 2.42. The van der Waals surface area contributed by atoms with Crippen molar-refractivity contribution in [1.82, 2.24) is 5.32 Å². The summed E-state index contributed by atoms with van der Waals surface area (Å²) in [6, 6.07) is 7.06. The summed E-state index contributed by atoms with van der Waals surface area (Å²) in [6.07, 6.45) is 2.75. The standard InChI is InChI=1S/C18H30FNO/c1-5-11-21-12-10-15(14-20-18(2,3)4)13-16-8-6-7-9-17(16)19/h6-9,15,20H,5,10-14H2,1-4H3. The van der Waals surface area contributed by atoms with Crippen molar-refractivity contribution in [2.75, 3.05) is 19.8 Å². The molecule has 1 rings (SSSR count). The van der Waals surface area contributed by atoms with Gasteiger partial charge in [-0.2, -0.15) is 0 Å². The molecule has 3 heteroatoms. The van der Waals surface area contributed by atoms with E-state index in [9.17, 15) is 4.39 Å². The molecule has 2 nitrogen and oxygen atoms in total. The Morgan fingerprint density at radius 3 is 2.52 bits per heavy atom.